The van der Waals surface area contributed by atoms with Crippen LogP contribution in [0.5, 0.6) is 0 Å². The molecule has 1 saturated carbocycles. The summed E-state index contributed by atoms with van der Waals surface area (Å²) < 4.78 is 0. The fraction of sp³-hybridized carbons (Fsp3) is 0.519. The lowest BCUT2D eigenvalue weighted by atomic mass is 9.79. The second-order valence-corrected chi connectivity index (χ2v) is 11.1. The molecule has 32 heavy (non-hydrogen) atoms. The molecule has 5 nitrogen and oxygen atoms in total. The third-order valence-electron chi connectivity index (χ3n) is 6.88. The average molecular weight is 432 g/mol. The van der Waals surface area contributed by atoms with Gasteiger partial charge in [0.15, 0.2) is 0 Å². The van der Waals surface area contributed by atoms with Gasteiger partial charge in [-0.2, -0.15) is 0 Å². The minimum atomic E-state index is 0.0347. The number of benzene rings is 1. The summed E-state index contributed by atoms with van der Waals surface area (Å²) >= 11 is 0. The van der Waals surface area contributed by atoms with E-state index in [0.717, 1.165) is 29.4 Å². The number of aromatic nitrogens is 1. The summed E-state index contributed by atoms with van der Waals surface area (Å²) in [6.07, 6.45) is 9.94. The topological polar surface area (TPSA) is 75.9 Å². The van der Waals surface area contributed by atoms with Gasteiger partial charge >= 0.3 is 0 Å². The van der Waals surface area contributed by atoms with Gasteiger partial charge in [-0.25, -0.2) is 0 Å². The number of hydrogen-bond donors (Lipinski definition) is 3. The highest BCUT2D eigenvalue weighted by Gasteiger charge is 2.39. The summed E-state index contributed by atoms with van der Waals surface area (Å²) in [5.41, 5.74) is 3.68. The summed E-state index contributed by atoms with van der Waals surface area (Å²) in [7, 11) is 2.00. The monoisotopic (exact) mass is 431 g/mol. The first-order valence-electron chi connectivity index (χ1n) is 11.7. The molecule has 0 unspecified atom stereocenters. The van der Waals surface area contributed by atoms with Crippen molar-refractivity contribution < 1.29 is 0 Å². The van der Waals surface area contributed by atoms with Gasteiger partial charge in [0, 0.05) is 52.9 Å². The molecule has 0 atom stereocenters. The van der Waals surface area contributed by atoms with Crippen LogP contribution in [0.4, 0.5) is 0 Å². The van der Waals surface area contributed by atoms with E-state index in [4.69, 9.17) is 10.8 Å². The fourth-order valence-corrected chi connectivity index (χ4v) is 5.33. The standard InChI is InChI=1S/C27H37N5/c1-17-11-19-13-24(18-7-8-18)30-16-20(19)12-22(17)23(28)9-10-25(29)32(6)21-14-26(2,3)31-27(4,5)15-21/h9-13,16,18,21,28-29,31H,7-8,14-15H2,1-6H3/b10-9-,28-23?,29-25?. The zero-order valence-electron chi connectivity index (χ0n) is 20.3. The number of nitrogens with one attached hydrogen (secondary N) is 3. The van der Waals surface area contributed by atoms with Gasteiger partial charge in [0.05, 0.1) is 5.71 Å². The van der Waals surface area contributed by atoms with Gasteiger partial charge in [-0.3, -0.25) is 10.4 Å². The summed E-state index contributed by atoms with van der Waals surface area (Å²) in [5.74, 6) is 1.09. The minimum absolute atomic E-state index is 0.0347. The van der Waals surface area contributed by atoms with Crippen LogP contribution in [-0.4, -0.2) is 45.6 Å². The van der Waals surface area contributed by atoms with E-state index >= 15 is 0 Å². The van der Waals surface area contributed by atoms with E-state index < -0.39 is 0 Å². The number of likely N-dealkylation sites (N-methyl/N-ethyl adjacent to an activating group) is 1. The van der Waals surface area contributed by atoms with Crippen molar-refractivity contribution >= 4 is 22.3 Å². The highest BCUT2D eigenvalue weighted by molar-refractivity contribution is 6.12. The lowest BCUT2D eigenvalue weighted by Crippen LogP contribution is -2.62. The summed E-state index contributed by atoms with van der Waals surface area (Å²) in [6.45, 7) is 11.0. The molecule has 1 aliphatic carbocycles. The number of amidine groups is 1. The molecule has 0 radical (unpaired) electrons. The Morgan fingerprint density at radius 1 is 1.03 bits per heavy atom. The van der Waals surface area contributed by atoms with Crippen molar-refractivity contribution in [2.45, 2.75) is 83.3 Å². The van der Waals surface area contributed by atoms with Crippen LogP contribution >= 0.6 is 0 Å². The molecular weight excluding hydrogens is 394 g/mol. The predicted molar refractivity (Wildman–Crippen MR) is 134 cm³/mol. The van der Waals surface area contributed by atoms with Crippen molar-refractivity contribution in [1.82, 2.24) is 15.2 Å². The van der Waals surface area contributed by atoms with Gasteiger partial charge in [-0.1, -0.05) is 6.07 Å². The first kappa shape index (κ1) is 22.7. The number of pyridine rings is 1. The van der Waals surface area contributed by atoms with Crippen LogP contribution in [0, 0.1) is 17.7 Å². The molecule has 5 heteroatoms. The first-order valence-corrected chi connectivity index (χ1v) is 11.7. The van der Waals surface area contributed by atoms with Crippen LogP contribution in [0.2, 0.25) is 0 Å². The Kier molecular flexibility index (Phi) is 5.74. The fourth-order valence-electron chi connectivity index (χ4n) is 5.33. The molecule has 170 valence electrons. The molecule has 4 rings (SSSR count). The van der Waals surface area contributed by atoms with Crippen LogP contribution in [-0.2, 0) is 0 Å². The number of aryl methyl sites for hydroxylation is 1. The van der Waals surface area contributed by atoms with Crippen LogP contribution < -0.4 is 5.32 Å². The second kappa shape index (κ2) is 8.11. The Morgan fingerprint density at radius 3 is 2.31 bits per heavy atom. The molecule has 0 bridgehead atoms. The maximum atomic E-state index is 8.64. The molecule has 1 aromatic heterocycles. The molecule has 0 spiro atoms. The smallest absolute Gasteiger partial charge is 0.120 e. The Hall–Kier alpha value is -2.53. The van der Waals surface area contributed by atoms with Crippen LogP contribution in [0.15, 0.2) is 36.5 Å². The number of allylic oxidation sites excluding steroid dienone is 1. The average Bonchev–Trinajstić information content (AvgIpc) is 3.53. The molecule has 0 amide bonds. The van der Waals surface area contributed by atoms with Gasteiger partial charge in [-0.15, -0.1) is 0 Å². The number of nitrogens with zero attached hydrogens (tertiary/aromatic N) is 2. The number of piperidine rings is 1. The van der Waals surface area contributed by atoms with Crippen molar-refractivity contribution in [2.24, 2.45) is 0 Å². The van der Waals surface area contributed by atoms with E-state index in [1.54, 1.807) is 12.2 Å². The van der Waals surface area contributed by atoms with Crippen molar-refractivity contribution in [3.63, 3.8) is 0 Å². The summed E-state index contributed by atoms with van der Waals surface area (Å²) in [5, 5.41) is 23.2. The van der Waals surface area contributed by atoms with E-state index in [-0.39, 0.29) is 11.1 Å². The molecular formula is C27H37N5. The van der Waals surface area contributed by atoms with Crippen LogP contribution in [0.1, 0.15) is 76.1 Å². The van der Waals surface area contributed by atoms with Crippen molar-refractivity contribution in [3.8, 4) is 0 Å². The van der Waals surface area contributed by atoms with Crippen LogP contribution in [0.3, 0.4) is 0 Å². The van der Waals surface area contributed by atoms with Crippen molar-refractivity contribution in [1.29, 1.82) is 10.8 Å². The molecule has 2 fully saturated rings. The normalized spacial score (nSPS) is 20.6. The zero-order valence-corrected chi connectivity index (χ0v) is 20.3. The van der Waals surface area contributed by atoms with Crippen LogP contribution in [0.25, 0.3) is 10.8 Å². The molecule has 2 aliphatic rings. The van der Waals surface area contributed by atoms with E-state index in [1.807, 2.05) is 13.2 Å². The predicted octanol–water partition coefficient (Wildman–Crippen LogP) is 5.56. The largest absolute Gasteiger partial charge is 0.357 e. The number of fused-ring (bicyclic) bond motifs is 1. The second-order valence-electron chi connectivity index (χ2n) is 11.1. The molecule has 3 N–H and O–H groups in total. The number of rotatable bonds is 5. The third kappa shape index (κ3) is 4.93. The number of hydrogen-bond acceptors (Lipinski definition) is 4. The van der Waals surface area contributed by atoms with Gasteiger partial charge in [0.1, 0.15) is 5.84 Å². The van der Waals surface area contributed by atoms with Gasteiger partial charge in [0.25, 0.3) is 0 Å². The van der Waals surface area contributed by atoms with E-state index in [2.05, 4.69) is 68.0 Å². The van der Waals surface area contributed by atoms with Gasteiger partial charge in [-0.05, 0) is 95.5 Å². The zero-order chi connectivity index (χ0) is 23.3. The SMILES string of the molecule is Cc1cc2cc(C3CC3)ncc2cc1C(=N)/C=C\C(=N)N(C)C1CC(C)(C)NC(C)(C)C1. The Morgan fingerprint density at radius 2 is 1.69 bits per heavy atom. The quantitative estimate of drug-likeness (QED) is 0.428. The molecule has 1 aromatic carbocycles. The Labute approximate surface area is 192 Å². The minimum Gasteiger partial charge on any atom is -0.357 e. The van der Waals surface area contributed by atoms with Crippen molar-refractivity contribution in [2.75, 3.05) is 7.05 Å². The maximum absolute atomic E-state index is 8.64. The summed E-state index contributed by atoms with van der Waals surface area (Å²) in [4.78, 5) is 6.70. The van der Waals surface area contributed by atoms with E-state index in [1.165, 1.54) is 23.9 Å². The molecule has 1 saturated heterocycles. The molecule has 2 heterocycles. The lowest BCUT2D eigenvalue weighted by molar-refractivity contribution is 0.114. The first-order chi connectivity index (χ1) is 14.9. The van der Waals surface area contributed by atoms with E-state index in [9.17, 15) is 0 Å². The molecule has 2 aromatic rings. The third-order valence-corrected chi connectivity index (χ3v) is 6.88. The van der Waals surface area contributed by atoms with E-state index in [0.29, 0.717) is 23.5 Å². The Balaban J connectivity index is 1.48. The lowest BCUT2D eigenvalue weighted by Gasteiger charge is -2.49. The van der Waals surface area contributed by atoms with Gasteiger partial charge in [0.2, 0.25) is 0 Å². The van der Waals surface area contributed by atoms with Crippen molar-refractivity contribution in [3.05, 3.63) is 53.4 Å². The maximum Gasteiger partial charge on any atom is 0.120 e. The molecule has 1 aliphatic heterocycles. The summed E-state index contributed by atoms with van der Waals surface area (Å²) in [6, 6.07) is 6.72. The highest BCUT2D eigenvalue weighted by atomic mass is 15.2. The van der Waals surface area contributed by atoms with Gasteiger partial charge < -0.3 is 15.6 Å². The highest BCUT2D eigenvalue weighted by Crippen LogP contribution is 2.39. The Bertz CT molecular complexity index is 1070.